The molecule has 0 aliphatic rings. The Bertz CT molecular complexity index is 218. The van der Waals surface area contributed by atoms with Crippen LogP contribution in [0, 0.1) is 5.92 Å². The molecule has 0 heterocycles. The second-order valence-electron chi connectivity index (χ2n) is 5.44. The normalized spacial score (nSPS) is 13.1. The summed E-state index contributed by atoms with van der Waals surface area (Å²) in [4.78, 5) is 11.3. The molecule has 0 radical (unpaired) electrons. The van der Waals surface area contributed by atoms with Gasteiger partial charge >= 0.3 is 5.97 Å². The van der Waals surface area contributed by atoms with Crippen LogP contribution in [0.3, 0.4) is 0 Å². The molecule has 18 heavy (non-hydrogen) atoms. The number of rotatable bonds is 7. The summed E-state index contributed by atoms with van der Waals surface area (Å²) in [5.41, 5.74) is -0.140. The third-order valence-electron chi connectivity index (χ3n) is 1.90. The van der Waals surface area contributed by atoms with Crippen LogP contribution in [-0.2, 0) is 19.0 Å². The summed E-state index contributed by atoms with van der Waals surface area (Å²) in [6.07, 6.45) is -0.209. The lowest BCUT2D eigenvalue weighted by Gasteiger charge is -2.20. The fraction of sp³-hybridized carbons (Fsp3) is 0.929. The number of carbonyl (C=O) groups is 1. The highest BCUT2D eigenvalue weighted by Crippen LogP contribution is 2.06. The summed E-state index contributed by atoms with van der Waals surface area (Å²) in [6.45, 7) is 12.9. The highest BCUT2D eigenvalue weighted by atomic mass is 16.6. The van der Waals surface area contributed by atoms with Crippen LogP contribution in [-0.4, -0.2) is 37.5 Å². The molecule has 0 aromatic rings. The largest absolute Gasteiger partial charge is 0.460 e. The van der Waals surface area contributed by atoms with Gasteiger partial charge in [-0.3, -0.25) is 4.79 Å². The Morgan fingerprint density at radius 3 is 2.11 bits per heavy atom. The quantitative estimate of drug-likeness (QED) is 0.522. The Hall–Kier alpha value is -0.610. The van der Waals surface area contributed by atoms with E-state index >= 15 is 0 Å². The predicted octanol–water partition coefficient (Wildman–Crippen LogP) is 3.04. The zero-order valence-corrected chi connectivity index (χ0v) is 11.9. The lowest BCUT2D eigenvalue weighted by molar-refractivity contribution is -0.155. The third kappa shape index (κ3) is 11.9. The molecule has 0 aromatic heterocycles. The molecular weight excluding hydrogens is 232 g/mol. The molecule has 0 bridgehead atoms. The first-order valence-electron chi connectivity index (χ1n) is 6.14. The Labute approximate surface area is 112 Å². The Balaban J connectivity index is 0. The van der Waals surface area contributed by atoms with Crippen molar-refractivity contribution in [3.05, 3.63) is 0 Å². The van der Waals surface area contributed by atoms with Crippen LogP contribution < -0.4 is 0 Å². The summed E-state index contributed by atoms with van der Waals surface area (Å²) in [5, 5.41) is 0. The molecule has 0 amide bonds. The maximum atomic E-state index is 11.3. The van der Waals surface area contributed by atoms with Crippen molar-refractivity contribution in [2.45, 2.75) is 60.7 Å². The lowest BCUT2D eigenvalue weighted by Crippen LogP contribution is -2.25. The SMILES string of the molecule is C.CC(COCCOC(C)(C)C)OC(=O)C(C)C. The van der Waals surface area contributed by atoms with E-state index in [9.17, 15) is 4.79 Å². The molecule has 0 spiro atoms. The minimum Gasteiger partial charge on any atom is -0.460 e. The fourth-order valence-corrected chi connectivity index (χ4v) is 1.02. The van der Waals surface area contributed by atoms with Gasteiger partial charge in [-0.25, -0.2) is 0 Å². The highest BCUT2D eigenvalue weighted by Gasteiger charge is 2.13. The number of carbonyl (C=O) groups excluding carboxylic acids is 1. The molecule has 4 heteroatoms. The maximum Gasteiger partial charge on any atom is 0.308 e. The first-order valence-corrected chi connectivity index (χ1v) is 6.14. The van der Waals surface area contributed by atoms with Crippen LogP contribution in [0.25, 0.3) is 0 Å². The van der Waals surface area contributed by atoms with E-state index in [1.54, 1.807) is 0 Å². The second-order valence-corrected chi connectivity index (χ2v) is 5.44. The zero-order valence-electron chi connectivity index (χ0n) is 11.9. The van der Waals surface area contributed by atoms with Crippen molar-refractivity contribution in [3.63, 3.8) is 0 Å². The van der Waals surface area contributed by atoms with Crippen molar-refractivity contribution in [2.24, 2.45) is 5.92 Å². The van der Waals surface area contributed by atoms with E-state index < -0.39 is 0 Å². The molecule has 0 N–H and O–H groups in total. The Kier molecular flexibility index (Phi) is 10.2. The van der Waals surface area contributed by atoms with E-state index in [0.29, 0.717) is 19.8 Å². The monoisotopic (exact) mass is 262 g/mol. The van der Waals surface area contributed by atoms with E-state index in [0.717, 1.165) is 0 Å². The van der Waals surface area contributed by atoms with Gasteiger partial charge in [0.05, 0.1) is 31.3 Å². The third-order valence-corrected chi connectivity index (χ3v) is 1.90. The highest BCUT2D eigenvalue weighted by molar-refractivity contribution is 5.71. The number of hydrogen-bond donors (Lipinski definition) is 0. The van der Waals surface area contributed by atoms with E-state index in [1.807, 2.05) is 41.5 Å². The zero-order chi connectivity index (χ0) is 13.5. The van der Waals surface area contributed by atoms with Crippen LogP contribution in [0.2, 0.25) is 0 Å². The summed E-state index contributed by atoms with van der Waals surface area (Å²) in [6, 6.07) is 0. The topological polar surface area (TPSA) is 44.8 Å². The van der Waals surface area contributed by atoms with E-state index in [-0.39, 0.29) is 31.0 Å². The van der Waals surface area contributed by atoms with Gasteiger partial charge in [0.2, 0.25) is 0 Å². The summed E-state index contributed by atoms with van der Waals surface area (Å²) >= 11 is 0. The molecule has 1 unspecified atom stereocenters. The van der Waals surface area contributed by atoms with Crippen molar-refractivity contribution in [1.82, 2.24) is 0 Å². The minimum atomic E-state index is -0.209. The fourth-order valence-electron chi connectivity index (χ4n) is 1.02. The van der Waals surface area contributed by atoms with Crippen LogP contribution in [0.5, 0.6) is 0 Å². The van der Waals surface area contributed by atoms with Gasteiger partial charge in [0.15, 0.2) is 0 Å². The number of ether oxygens (including phenoxy) is 3. The van der Waals surface area contributed by atoms with E-state index in [1.165, 1.54) is 0 Å². The summed E-state index contributed by atoms with van der Waals surface area (Å²) in [5.74, 6) is -0.284. The first kappa shape index (κ1) is 19.7. The summed E-state index contributed by atoms with van der Waals surface area (Å²) < 4.78 is 16.0. The van der Waals surface area contributed by atoms with Crippen molar-refractivity contribution in [2.75, 3.05) is 19.8 Å². The predicted molar refractivity (Wildman–Crippen MR) is 73.6 cm³/mol. The Morgan fingerprint density at radius 2 is 1.67 bits per heavy atom. The van der Waals surface area contributed by atoms with E-state index in [4.69, 9.17) is 14.2 Å². The van der Waals surface area contributed by atoms with Crippen LogP contribution in [0.1, 0.15) is 49.0 Å². The molecule has 0 aliphatic heterocycles. The van der Waals surface area contributed by atoms with Gasteiger partial charge in [0, 0.05) is 0 Å². The molecule has 110 valence electrons. The smallest absolute Gasteiger partial charge is 0.308 e. The van der Waals surface area contributed by atoms with Crippen molar-refractivity contribution < 1.29 is 19.0 Å². The average molecular weight is 262 g/mol. The molecule has 4 nitrogen and oxygen atoms in total. The number of hydrogen-bond acceptors (Lipinski definition) is 4. The second kappa shape index (κ2) is 9.34. The molecule has 0 saturated heterocycles. The van der Waals surface area contributed by atoms with Gasteiger partial charge in [0.1, 0.15) is 6.10 Å². The van der Waals surface area contributed by atoms with Crippen LogP contribution in [0.15, 0.2) is 0 Å². The van der Waals surface area contributed by atoms with Gasteiger partial charge in [-0.05, 0) is 27.7 Å². The molecule has 0 aromatic carbocycles. The maximum absolute atomic E-state index is 11.3. The summed E-state index contributed by atoms with van der Waals surface area (Å²) in [7, 11) is 0. The van der Waals surface area contributed by atoms with Gasteiger partial charge in [-0.1, -0.05) is 21.3 Å². The Morgan fingerprint density at radius 1 is 1.11 bits per heavy atom. The average Bonchev–Trinajstić information content (AvgIpc) is 2.15. The van der Waals surface area contributed by atoms with Crippen LogP contribution >= 0.6 is 0 Å². The van der Waals surface area contributed by atoms with Gasteiger partial charge in [-0.15, -0.1) is 0 Å². The molecular formula is C14H30O4. The standard InChI is InChI=1S/C13H26O4.CH4/c1-10(2)12(14)17-11(3)9-15-7-8-16-13(4,5)6;/h10-11H,7-9H2,1-6H3;1H4. The van der Waals surface area contributed by atoms with Gasteiger partial charge < -0.3 is 14.2 Å². The number of esters is 1. The molecule has 0 aliphatic carbocycles. The van der Waals surface area contributed by atoms with Crippen molar-refractivity contribution in [3.8, 4) is 0 Å². The molecule has 0 fully saturated rings. The molecule has 0 saturated carbocycles. The first-order chi connectivity index (χ1) is 7.72. The van der Waals surface area contributed by atoms with Crippen LogP contribution in [0.4, 0.5) is 0 Å². The minimum absolute atomic E-state index is 0. The van der Waals surface area contributed by atoms with Crippen molar-refractivity contribution >= 4 is 5.97 Å². The lowest BCUT2D eigenvalue weighted by atomic mass is 10.2. The van der Waals surface area contributed by atoms with Crippen molar-refractivity contribution in [1.29, 1.82) is 0 Å². The van der Waals surface area contributed by atoms with Gasteiger partial charge in [-0.2, -0.15) is 0 Å². The van der Waals surface area contributed by atoms with E-state index in [2.05, 4.69) is 0 Å². The van der Waals surface area contributed by atoms with Gasteiger partial charge in [0.25, 0.3) is 0 Å². The molecule has 0 rings (SSSR count). The molecule has 1 atom stereocenters.